The van der Waals surface area contributed by atoms with Crippen molar-refractivity contribution in [2.75, 3.05) is 24.7 Å². The number of halogens is 1. The Morgan fingerprint density at radius 1 is 1.53 bits per heavy atom. The van der Waals surface area contributed by atoms with Crippen LogP contribution in [0.5, 0.6) is 0 Å². The van der Waals surface area contributed by atoms with Crippen LogP contribution in [0, 0.1) is 0 Å². The summed E-state index contributed by atoms with van der Waals surface area (Å²) in [7, 11) is 0. The summed E-state index contributed by atoms with van der Waals surface area (Å²) in [4.78, 5) is 6.90. The standard InChI is InChI=1S/C11H13BrN4O/c1-7-6-17-5-4-16(7)9-3-2-8-10(13-9)11(12)15-14-8/h2-3,7H,4-6H2,1H3,(H,14,15). The molecule has 1 N–H and O–H groups in total. The van der Waals surface area contributed by atoms with E-state index in [4.69, 9.17) is 4.74 Å². The molecule has 6 heteroatoms. The number of nitrogens with zero attached hydrogens (tertiary/aromatic N) is 3. The molecule has 0 spiro atoms. The number of aromatic amines is 1. The molecule has 1 aliphatic heterocycles. The van der Waals surface area contributed by atoms with E-state index in [1.165, 1.54) is 0 Å². The first kappa shape index (κ1) is 11.0. The molecule has 90 valence electrons. The highest BCUT2D eigenvalue weighted by atomic mass is 79.9. The van der Waals surface area contributed by atoms with Crippen molar-refractivity contribution in [1.29, 1.82) is 0 Å². The maximum atomic E-state index is 5.43. The molecule has 1 fully saturated rings. The number of morpholine rings is 1. The van der Waals surface area contributed by atoms with Crippen molar-refractivity contribution in [2.45, 2.75) is 13.0 Å². The van der Waals surface area contributed by atoms with Crippen LogP contribution in [0.25, 0.3) is 11.0 Å². The molecule has 2 aromatic heterocycles. The first-order chi connectivity index (χ1) is 8.25. The lowest BCUT2D eigenvalue weighted by Crippen LogP contribution is -2.44. The zero-order valence-corrected chi connectivity index (χ0v) is 11.1. The number of aromatic nitrogens is 3. The predicted octanol–water partition coefficient (Wildman–Crippen LogP) is 1.95. The normalized spacial score (nSPS) is 21.1. The molecule has 1 unspecified atom stereocenters. The largest absolute Gasteiger partial charge is 0.377 e. The third kappa shape index (κ3) is 1.91. The van der Waals surface area contributed by atoms with E-state index in [-0.39, 0.29) is 0 Å². The second-order valence-corrected chi connectivity index (χ2v) is 4.99. The van der Waals surface area contributed by atoms with Crippen molar-refractivity contribution in [1.82, 2.24) is 15.2 Å². The Balaban J connectivity index is 2.01. The fourth-order valence-corrected chi connectivity index (χ4v) is 2.46. The fraction of sp³-hybridized carbons (Fsp3) is 0.455. The molecular formula is C11H13BrN4O. The van der Waals surface area contributed by atoms with Crippen molar-refractivity contribution in [2.24, 2.45) is 0 Å². The number of pyridine rings is 1. The van der Waals surface area contributed by atoms with E-state index >= 15 is 0 Å². The molecule has 0 bridgehead atoms. The smallest absolute Gasteiger partial charge is 0.129 e. The zero-order valence-electron chi connectivity index (χ0n) is 9.48. The van der Waals surface area contributed by atoms with E-state index in [0.717, 1.165) is 41.2 Å². The van der Waals surface area contributed by atoms with Crippen LogP contribution in [0.15, 0.2) is 16.7 Å². The number of hydrogen-bond donors (Lipinski definition) is 1. The average molecular weight is 297 g/mol. The highest BCUT2D eigenvalue weighted by Gasteiger charge is 2.20. The van der Waals surface area contributed by atoms with E-state index in [2.05, 4.69) is 42.9 Å². The van der Waals surface area contributed by atoms with Crippen molar-refractivity contribution in [3.63, 3.8) is 0 Å². The number of rotatable bonds is 1. The fourth-order valence-electron chi connectivity index (χ4n) is 2.08. The summed E-state index contributed by atoms with van der Waals surface area (Å²) in [6.45, 7) is 4.55. The molecule has 17 heavy (non-hydrogen) atoms. The van der Waals surface area contributed by atoms with Gasteiger partial charge < -0.3 is 9.64 Å². The minimum atomic E-state index is 0.361. The van der Waals surface area contributed by atoms with Crippen molar-refractivity contribution in [3.05, 3.63) is 16.7 Å². The van der Waals surface area contributed by atoms with Crippen LogP contribution in [0.4, 0.5) is 5.82 Å². The second kappa shape index (κ2) is 4.27. The Hall–Kier alpha value is -1.14. The van der Waals surface area contributed by atoms with Gasteiger partial charge in [0.1, 0.15) is 21.5 Å². The molecule has 2 aromatic rings. The van der Waals surface area contributed by atoms with Gasteiger partial charge in [-0.25, -0.2) is 4.98 Å². The number of nitrogens with one attached hydrogen (secondary N) is 1. The maximum absolute atomic E-state index is 5.43. The maximum Gasteiger partial charge on any atom is 0.129 e. The van der Waals surface area contributed by atoms with E-state index < -0.39 is 0 Å². The molecule has 0 aliphatic carbocycles. The van der Waals surface area contributed by atoms with Crippen LogP contribution >= 0.6 is 15.9 Å². The van der Waals surface area contributed by atoms with E-state index in [1.54, 1.807) is 0 Å². The van der Waals surface area contributed by atoms with Crippen LogP contribution in [0.1, 0.15) is 6.92 Å². The van der Waals surface area contributed by atoms with Crippen LogP contribution in [0.3, 0.4) is 0 Å². The predicted molar refractivity (Wildman–Crippen MR) is 69.2 cm³/mol. The molecule has 0 amide bonds. The Kier molecular flexibility index (Phi) is 2.76. The molecular weight excluding hydrogens is 284 g/mol. The molecule has 5 nitrogen and oxygen atoms in total. The van der Waals surface area contributed by atoms with Gasteiger partial charge in [0.15, 0.2) is 0 Å². The summed E-state index contributed by atoms with van der Waals surface area (Å²) in [5.74, 6) is 0.982. The topological polar surface area (TPSA) is 54.0 Å². The minimum absolute atomic E-state index is 0.361. The zero-order chi connectivity index (χ0) is 11.8. The quantitative estimate of drug-likeness (QED) is 0.874. The molecule has 3 heterocycles. The van der Waals surface area contributed by atoms with E-state index in [1.807, 2.05) is 12.1 Å². The van der Waals surface area contributed by atoms with Crippen molar-refractivity contribution >= 4 is 32.8 Å². The summed E-state index contributed by atoms with van der Waals surface area (Å²) in [5.41, 5.74) is 1.75. The molecule has 3 rings (SSSR count). The molecule has 1 aliphatic rings. The first-order valence-corrected chi connectivity index (χ1v) is 6.40. The van der Waals surface area contributed by atoms with Gasteiger partial charge in [-0.15, -0.1) is 0 Å². The van der Waals surface area contributed by atoms with Crippen LogP contribution in [-0.2, 0) is 4.74 Å². The molecule has 1 saturated heterocycles. The van der Waals surface area contributed by atoms with Crippen molar-refractivity contribution in [3.8, 4) is 0 Å². The number of ether oxygens (including phenoxy) is 1. The minimum Gasteiger partial charge on any atom is -0.377 e. The van der Waals surface area contributed by atoms with Gasteiger partial charge in [0.2, 0.25) is 0 Å². The third-order valence-electron chi connectivity index (χ3n) is 3.00. The highest BCUT2D eigenvalue weighted by Crippen LogP contribution is 2.24. The Morgan fingerprint density at radius 2 is 2.41 bits per heavy atom. The third-order valence-corrected chi connectivity index (χ3v) is 3.56. The molecule has 1 atom stereocenters. The summed E-state index contributed by atoms with van der Waals surface area (Å²) in [6.07, 6.45) is 0. The highest BCUT2D eigenvalue weighted by molar-refractivity contribution is 9.10. The van der Waals surface area contributed by atoms with Crippen LogP contribution in [0.2, 0.25) is 0 Å². The number of anilines is 1. The van der Waals surface area contributed by atoms with Gasteiger partial charge in [-0.3, -0.25) is 5.10 Å². The average Bonchev–Trinajstić information content (AvgIpc) is 2.71. The Morgan fingerprint density at radius 3 is 3.24 bits per heavy atom. The van der Waals surface area contributed by atoms with Crippen LogP contribution in [-0.4, -0.2) is 41.0 Å². The van der Waals surface area contributed by atoms with Gasteiger partial charge in [0.25, 0.3) is 0 Å². The second-order valence-electron chi connectivity index (χ2n) is 4.19. The Labute approximate surface area is 107 Å². The van der Waals surface area contributed by atoms with Gasteiger partial charge >= 0.3 is 0 Å². The molecule has 0 aromatic carbocycles. The van der Waals surface area contributed by atoms with Gasteiger partial charge in [0, 0.05) is 6.54 Å². The SMILES string of the molecule is CC1COCCN1c1ccc2n[nH]c(Br)c2n1. The summed E-state index contributed by atoms with van der Waals surface area (Å²) in [6, 6.07) is 4.36. The van der Waals surface area contributed by atoms with Gasteiger partial charge in [-0.05, 0) is 35.0 Å². The van der Waals surface area contributed by atoms with Gasteiger partial charge in [0.05, 0.1) is 19.3 Å². The van der Waals surface area contributed by atoms with E-state index in [9.17, 15) is 0 Å². The van der Waals surface area contributed by atoms with Crippen molar-refractivity contribution < 1.29 is 4.74 Å². The number of H-pyrrole nitrogens is 1. The number of fused-ring (bicyclic) bond motifs is 1. The first-order valence-electron chi connectivity index (χ1n) is 5.61. The van der Waals surface area contributed by atoms with Crippen LogP contribution < -0.4 is 4.90 Å². The molecule has 0 radical (unpaired) electrons. The summed E-state index contributed by atoms with van der Waals surface area (Å²) < 4.78 is 6.26. The Bertz CT molecular complexity index is 541. The van der Waals surface area contributed by atoms with E-state index in [0.29, 0.717) is 6.04 Å². The lowest BCUT2D eigenvalue weighted by atomic mass is 10.2. The number of hydrogen-bond acceptors (Lipinski definition) is 4. The molecule has 0 saturated carbocycles. The summed E-state index contributed by atoms with van der Waals surface area (Å²) in [5, 5.41) is 7.02. The van der Waals surface area contributed by atoms with Gasteiger partial charge in [-0.1, -0.05) is 0 Å². The monoisotopic (exact) mass is 296 g/mol. The summed E-state index contributed by atoms with van der Waals surface area (Å²) >= 11 is 3.42. The lowest BCUT2D eigenvalue weighted by molar-refractivity contribution is 0.0986. The lowest BCUT2D eigenvalue weighted by Gasteiger charge is -2.34. The van der Waals surface area contributed by atoms with Gasteiger partial charge in [-0.2, -0.15) is 5.10 Å².